The largest absolute Gasteiger partial charge is 0.468 e. The minimum Gasteiger partial charge on any atom is -0.468 e. The molecule has 0 N–H and O–H groups in total. The Morgan fingerprint density at radius 1 is 1.11 bits per heavy atom. The zero-order valence-corrected chi connectivity index (χ0v) is 11.7. The summed E-state index contributed by atoms with van der Waals surface area (Å²) >= 11 is 0. The zero-order valence-electron chi connectivity index (χ0n) is 11.7. The summed E-state index contributed by atoms with van der Waals surface area (Å²) in [7, 11) is 4.21. The third-order valence-electron chi connectivity index (χ3n) is 2.36. The summed E-state index contributed by atoms with van der Waals surface area (Å²) in [4.78, 5) is 25.2. The van der Waals surface area contributed by atoms with Crippen LogP contribution in [0, 0.1) is 0 Å². The summed E-state index contributed by atoms with van der Waals surface area (Å²) in [5.74, 6) is -0.0869. The van der Waals surface area contributed by atoms with Gasteiger partial charge in [0.05, 0.1) is 21.3 Å². The summed E-state index contributed by atoms with van der Waals surface area (Å²) in [6.45, 7) is 3.85. The van der Waals surface area contributed by atoms with Gasteiger partial charge < -0.3 is 19.1 Å². The molecule has 0 saturated carbocycles. The molecule has 106 valence electrons. The van der Waals surface area contributed by atoms with E-state index in [4.69, 9.17) is 9.47 Å². The number of carbonyl (C=O) groups excluding carboxylic acids is 1. The van der Waals surface area contributed by atoms with Crippen LogP contribution in [-0.2, 0) is 9.53 Å². The second kappa shape index (κ2) is 6.72. The summed E-state index contributed by atoms with van der Waals surface area (Å²) in [5, 5.41) is 0. The molecule has 8 heteroatoms. The SMILES string of the molecule is COC(=O)CN(c1nc(OC)nc(OC)n1)C(C)C. The molecule has 0 atom stereocenters. The topological polar surface area (TPSA) is 86.7 Å². The molecule has 0 fully saturated rings. The Morgan fingerprint density at radius 3 is 2.00 bits per heavy atom. The Labute approximate surface area is 111 Å². The molecule has 0 bridgehead atoms. The molecule has 0 radical (unpaired) electrons. The minimum atomic E-state index is -0.382. The van der Waals surface area contributed by atoms with Gasteiger partial charge in [-0.15, -0.1) is 4.98 Å². The number of carbonyl (C=O) groups is 1. The number of anilines is 1. The normalized spacial score (nSPS) is 10.2. The van der Waals surface area contributed by atoms with Crippen molar-refractivity contribution < 1.29 is 19.0 Å². The number of methoxy groups -OCH3 is 3. The summed E-state index contributed by atoms with van der Waals surface area (Å²) in [5.41, 5.74) is 0. The molecule has 0 aliphatic heterocycles. The average molecular weight is 270 g/mol. The highest BCUT2D eigenvalue weighted by atomic mass is 16.5. The molecule has 0 saturated heterocycles. The third-order valence-corrected chi connectivity index (χ3v) is 2.36. The fraction of sp³-hybridized carbons (Fsp3) is 0.636. The molecule has 1 rings (SSSR count). The first-order chi connectivity index (χ1) is 9.01. The smallest absolute Gasteiger partial charge is 0.325 e. The van der Waals surface area contributed by atoms with Gasteiger partial charge in [0.2, 0.25) is 5.95 Å². The van der Waals surface area contributed by atoms with Crippen molar-refractivity contribution in [2.24, 2.45) is 0 Å². The van der Waals surface area contributed by atoms with E-state index < -0.39 is 0 Å². The summed E-state index contributed by atoms with van der Waals surface area (Å²) in [6, 6.07) is 0.241. The van der Waals surface area contributed by atoms with Gasteiger partial charge in [-0.05, 0) is 13.8 Å². The molecule has 8 nitrogen and oxygen atoms in total. The van der Waals surface area contributed by atoms with E-state index in [-0.39, 0.29) is 30.6 Å². The maximum absolute atomic E-state index is 11.4. The van der Waals surface area contributed by atoms with E-state index in [9.17, 15) is 4.79 Å². The first kappa shape index (κ1) is 14.9. The van der Waals surface area contributed by atoms with E-state index in [2.05, 4.69) is 19.7 Å². The molecule has 0 aliphatic carbocycles. The lowest BCUT2D eigenvalue weighted by atomic mass is 10.3. The van der Waals surface area contributed by atoms with Crippen molar-refractivity contribution in [2.75, 3.05) is 32.8 Å². The average Bonchev–Trinajstić information content (AvgIpc) is 2.43. The second-order valence-corrected chi connectivity index (χ2v) is 3.91. The van der Waals surface area contributed by atoms with Gasteiger partial charge in [-0.1, -0.05) is 0 Å². The lowest BCUT2D eigenvalue weighted by molar-refractivity contribution is -0.139. The first-order valence-electron chi connectivity index (χ1n) is 5.69. The van der Waals surface area contributed by atoms with E-state index in [1.807, 2.05) is 13.8 Å². The second-order valence-electron chi connectivity index (χ2n) is 3.91. The number of hydrogen-bond donors (Lipinski definition) is 0. The molecule has 0 unspecified atom stereocenters. The van der Waals surface area contributed by atoms with Crippen molar-refractivity contribution in [3.8, 4) is 12.0 Å². The van der Waals surface area contributed by atoms with Crippen LogP contribution in [0.2, 0.25) is 0 Å². The lowest BCUT2D eigenvalue weighted by Crippen LogP contribution is -2.37. The molecule has 0 aromatic carbocycles. The van der Waals surface area contributed by atoms with Gasteiger partial charge in [-0.3, -0.25) is 4.79 Å². The van der Waals surface area contributed by atoms with Gasteiger partial charge in [0, 0.05) is 6.04 Å². The van der Waals surface area contributed by atoms with Crippen LogP contribution in [0.25, 0.3) is 0 Å². The predicted molar refractivity (Wildman–Crippen MR) is 67.4 cm³/mol. The Kier molecular flexibility index (Phi) is 5.28. The van der Waals surface area contributed by atoms with Crippen molar-refractivity contribution in [3.05, 3.63) is 0 Å². The lowest BCUT2D eigenvalue weighted by Gasteiger charge is -2.25. The maximum atomic E-state index is 11.4. The molecule has 0 spiro atoms. The quantitative estimate of drug-likeness (QED) is 0.681. The number of hydrogen-bond acceptors (Lipinski definition) is 8. The van der Waals surface area contributed by atoms with E-state index in [0.29, 0.717) is 5.95 Å². The molecule has 1 aromatic rings. The monoisotopic (exact) mass is 270 g/mol. The molecule has 0 aliphatic rings. The molecule has 19 heavy (non-hydrogen) atoms. The maximum Gasteiger partial charge on any atom is 0.325 e. The van der Waals surface area contributed by atoms with Gasteiger partial charge in [0.25, 0.3) is 0 Å². The van der Waals surface area contributed by atoms with Crippen molar-refractivity contribution in [3.63, 3.8) is 0 Å². The van der Waals surface area contributed by atoms with Gasteiger partial charge >= 0.3 is 18.0 Å². The van der Waals surface area contributed by atoms with Crippen LogP contribution in [0.15, 0.2) is 0 Å². The highest BCUT2D eigenvalue weighted by molar-refractivity contribution is 5.75. The van der Waals surface area contributed by atoms with E-state index >= 15 is 0 Å². The van der Waals surface area contributed by atoms with Gasteiger partial charge in [0.1, 0.15) is 6.54 Å². The first-order valence-corrected chi connectivity index (χ1v) is 5.69. The number of aromatic nitrogens is 3. The van der Waals surface area contributed by atoms with E-state index in [0.717, 1.165) is 0 Å². The molecule has 1 heterocycles. The Morgan fingerprint density at radius 2 is 1.63 bits per heavy atom. The van der Waals surface area contributed by atoms with Crippen LogP contribution in [0.3, 0.4) is 0 Å². The van der Waals surface area contributed by atoms with Crippen molar-refractivity contribution in [1.82, 2.24) is 15.0 Å². The van der Waals surface area contributed by atoms with E-state index in [1.54, 1.807) is 4.90 Å². The summed E-state index contributed by atoms with van der Waals surface area (Å²) in [6.07, 6.45) is 0. The molecule has 0 amide bonds. The van der Waals surface area contributed by atoms with Gasteiger partial charge in [0.15, 0.2) is 0 Å². The summed E-state index contributed by atoms with van der Waals surface area (Å²) < 4.78 is 14.6. The fourth-order valence-electron chi connectivity index (χ4n) is 1.33. The minimum absolute atomic E-state index is 0.00378. The van der Waals surface area contributed by atoms with E-state index in [1.165, 1.54) is 21.3 Å². The molecule has 1 aromatic heterocycles. The predicted octanol–water partition coefficient (Wildman–Crippen LogP) is 0.277. The standard InChI is InChI=1S/C11H18N4O4/c1-7(2)15(6-8(16)17-3)9-12-10(18-4)14-11(13-9)19-5/h7H,6H2,1-5H3. The third kappa shape index (κ3) is 3.94. The zero-order chi connectivity index (χ0) is 14.4. The molecular formula is C11H18N4O4. The molecular weight excluding hydrogens is 252 g/mol. The Hall–Kier alpha value is -2.12. The Balaban J connectivity index is 3.10. The van der Waals surface area contributed by atoms with Crippen LogP contribution in [0.5, 0.6) is 12.0 Å². The van der Waals surface area contributed by atoms with Crippen LogP contribution in [-0.4, -0.2) is 54.8 Å². The highest BCUT2D eigenvalue weighted by Gasteiger charge is 2.20. The van der Waals surface area contributed by atoms with Gasteiger partial charge in [-0.2, -0.15) is 9.97 Å². The van der Waals surface area contributed by atoms with Crippen LogP contribution >= 0.6 is 0 Å². The number of nitrogens with zero attached hydrogens (tertiary/aromatic N) is 4. The highest BCUT2D eigenvalue weighted by Crippen LogP contribution is 2.17. The fourth-order valence-corrected chi connectivity index (χ4v) is 1.33. The number of ether oxygens (including phenoxy) is 3. The van der Waals surface area contributed by atoms with Crippen LogP contribution < -0.4 is 14.4 Å². The Bertz CT molecular complexity index is 416. The van der Waals surface area contributed by atoms with Crippen molar-refractivity contribution in [1.29, 1.82) is 0 Å². The van der Waals surface area contributed by atoms with Crippen LogP contribution in [0.4, 0.5) is 5.95 Å². The number of esters is 1. The number of rotatable bonds is 6. The van der Waals surface area contributed by atoms with Crippen molar-refractivity contribution >= 4 is 11.9 Å². The van der Waals surface area contributed by atoms with Crippen molar-refractivity contribution in [2.45, 2.75) is 19.9 Å². The van der Waals surface area contributed by atoms with Gasteiger partial charge in [-0.25, -0.2) is 0 Å². The van der Waals surface area contributed by atoms with Crippen LogP contribution in [0.1, 0.15) is 13.8 Å².